The molecule has 2 rings (SSSR count). The van der Waals surface area contributed by atoms with E-state index in [0.717, 1.165) is 24.5 Å². The van der Waals surface area contributed by atoms with Gasteiger partial charge in [0.2, 0.25) is 0 Å². The topological polar surface area (TPSA) is 24.9 Å². The Hall–Kier alpha value is -1.41. The van der Waals surface area contributed by atoms with Crippen LogP contribution in [0.1, 0.15) is 51.5 Å². The first-order valence-corrected chi connectivity index (χ1v) is 8.30. The summed E-state index contributed by atoms with van der Waals surface area (Å²) in [5.74, 6) is 0.849. The van der Waals surface area contributed by atoms with Gasteiger partial charge in [-0.15, -0.1) is 0 Å². The van der Waals surface area contributed by atoms with Crippen LogP contribution in [0.5, 0.6) is 0 Å². The SMILES string of the molecule is CC(C)CCCCCCNCc1cccc2cccnc12. The van der Waals surface area contributed by atoms with Crippen molar-refractivity contribution < 1.29 is 0 Å². The Morgan fingerprint density at radius 3 is 2.67 bits per heavy atom. The molecule has 1 aromatic carbocycles. The molecule has 1 N–H and O–H groups in total. The van der Waals surface area contributed by atoms with E-state index in [1.807, 2.05) is 12.3 Å². The molecule has 0 aliphatic rings. The van der Waals surface area contributed by atoms with Crippen LogP contribution in [0.3, 0.4) is 0 Å². The molecule has 0 unspecified atom stereocenters. The second-order valence-electron chi connectivity index (χ2n) is 6.27. The lowest BCUT2D eigenvalue weighted by molar-refractivity contribution is 0.512. The Labute approximate surface area is 129 Å². The van der Waals surface area contributed by atoms with Crippen molar-refractivity contribution in [2.75, 3.05) is 6.54 Å². The number of nitrogens with one attached hydrogen (secondary N) is 1. The van der Waals surface area contributed by atoms with Gasteiger partial charge in [0.1, 0.15) is 0 Å². The monoisotopic (exact) mass is 284 g/mol. The van der Waals surface area contributed by atoms with Crippen LogP contribution in [0.15, 0.2) is 36.5 Å². The summed E-state index contributed by atoms with van der Waals surface area (Å²) in [6.07, 6.45) is 8.61. The molecule has 0 bridgehead atoms. The molecule has 0 saturated carbocycles. The average Bonchev–Trinajstić information content (AvgIpc) is 2.50. The highest BCUT2D eigenvalue weighted by Gasteiger charge is 2.01. The highest BCUT2D eigenvalue weighted by molar-refractivity contribution is 5.81. The summed E-state index contributed by atoms with van der Waals surface area (Å²) in [6.45, 7) is 6.63. The highest BCUT2D eigenvalue weighted by Crippen LogP contribution is 2.15. The molecule has 21 heavy (non-hydrogen) atoms. The van der Waals surface area contributed by atoms with Gasteiger partial charge in [0, 0.05) is 18.1 Å². The number of unbranched alkanes of at least 4 members (excludes halogenated alkanes) is 3. The Morgan fingerprint density at radius 1 is 1.00 bits per heavy atom. The fraction of sp³-hybridized carbons (Fsp3) is 0.526. The lowest BCUT2D eigenvalue weighted by atomic mass is 10.0. The van der Waals surface area contributed by atoms with Crippen molar-refractivity contribution in [3.63, 3.8) is 0 Å². The molecule has 0 amide bonds. The number of fused-ring (bicyclic) bond motifs is 1. The molecular formula is C19H28N2. The summed E-state index contributed by atoms with van der Waals surface area (Å²) < 4.78 is 0. The van der Waals surface area contributed by atoms with Crippen LogP contribution >= 0.6 is 0 Å². The quantitative estimate of drug-likeness (QED) is 0.660. The third-order valence-corrected chi connectivity index (χ3v) is 3.92. The fourth-order valence-corrected chi connectivity index (χ4v) is 2.69. The van der Waals surface area contributed by atoms with E-state index in [2.05, 4.69) is 48.4 Å². The van der Waals surface area contributed by atoms with Crippen LogP contribution in [0, 0.1) is 5.92 Å². The van der Waals surface area contributed by atoms with E-state index in [0.29, 0.717) is 0 Å². The number of benzene rings is 1. The summed E-state index contributed by atoms with van der Waals surface area (Å²) in [7, 11) is 0. The van der Waals surface area contributed by atoms with E-state index in [1.54, 1.807) is 0 Å². The largest absolute Gasteiger partial charge is 0.313 e. The Bertz CT molecular complexity index is 529. The van der Waals surface area contributed by atoms with E-state index in [1.165, 1.54) is 43.1 Å². The van der Waals surface area contributed by atoms with Crippen LogP contribution in [0.25, 0.3) is 10.9 Å². The Kier molecular flexibility index (Phi) is 6.68. The number of aromatic nitrogens is 1. The van der Waals surface area contributed by atoms with Crippen molar-refractivity contribution in [3.05, 3.63) is 42.1 Å². The maximum absolute atomic E-state index is 4.50. The minimum atomic E-state index is 0.849. The van der Waals surface area contributed by atoms with E-state index >= 15 is 0 Å². The molecule has 0 saturated heterocycles. The molecule has 0 radical (unpaired) electrons. The summed E-state index contributed by atoms with van der Waals surface area (Å²) in [5.41, 5.74) is 2.43. The minimum absolute atomic E-state index is 0.849. The molecule has 0 aliphatic carbocycles. The fourth-order valence-electron chi connectivity index (χ4n) is 2.69. The molecule has 1 heterocycles. The first kappa shape index (κ1) is 16.0. The number of hydrogen-bond acceptors (Lipinski definition) is 2. The van der Waals surface area contributed by atoms with Gasteiger partial charge in [-0.2, -0.15) is 0 Å². The smallest absolute Gasteiger partial charge is 0.0746 e. The first-order chi connectivity index (χ1) is 10.3. The third-order valence-electron chi connectivity index (χ3n) is 3.92. The molecule has 0 atom stereocenters. The Morgan fingerprint density at radius 2 is 1.81 bits per heavy atom. The van der Waals surface area contributed by atoms with E-state index < -0.39 is 0 Å². The molecule has 114 valence electrons. The molecule has 0 fully saturated rings. The second kappa shape index (κ2) is 8.78. The number of rotatable bonds is 9. The van der Waals surface area contributed by atoms with Crippen LogP contribution in [-0.2, 0) is 6.54 Å². The van der Waals surface area contributed by atoms with Crippen molar-refractivity contribution in [2.45, 2.75) is 52.5 Å². The number of hydrogen-bond donors (Lipinski definition) is 1. The molecule has 2 aromatic rings. The van der Waals surface area contributed by atoms with Gasteiger partial charge >= 0.3 is 0 Å². The van der Waals surface area contributed by atoms with Crippen molar-refractivity contribution in [2.24, 2.45) is 5.92 Å². The second-order valence-corrected chi connectivity index (χ2v) is 6.27. The van der Waals surface area contributed by atoms with Gasteiger partial charge in [-0.25, -0.2) is 0 Å². The maximum atomic E-state index is 4.50. The van der Waals surface area contributed by atoms with E-state index in [4.69, 9.17) is 0 Å². The van der Waals surface area contributed by atoms with E-state index in [-0.39, 0.29) is 0 Å². The Balaban J connectivity index is 1.66. The number of nitrogens with zero attached hydrogens (tertiary/aromatic N) is 1. The number of para-hydroxylation sites is 1. The number of pyridine rings is 1. The van der Waals surface area contributed by atoms with Gasteiger partial charge < -0.3 is 5.32 Å². The molecule has 2 heteroatoms. The third kappa shape index (κ3) is 5.47. The van der Waals surface area contributed by atoms with Crippen LogP contribution in [0.2, 0.25) is 0 Å². The predicted octanol–water partition coefficient (Wildman–Crippen LogP) is 4.93. The van der Waals surface area contributed by atoms with Crippen molar-refractivity contribution in [3.8, 4) is 0 Å². The molecular weight excluding hydrogens is 256 g/mol. The average molecular weight is 284 g/mol. The summed E-state index contributed by atoms with van der Waals surface area (Å²) in [5, 5.41) is 4.78. The van der Waals surface area contributed by atoms with Crippen LogP contribution < -0.4 is 5.32 Å². The molecule has 0 spiro atoms. The normalized spacial score (nSPS) is 11.4. The van der Waals surface area contributed by atoms with Crippen molar-refractivity contribution in [1.82, 2.24) is 10.3 Å². The minimum Gasteiger partial charge on any atom is -0.313 e. The van der Waals surface area contributed by atoms with Crippen LogP contribution in [0.4, 0.5) is 0 Å². The standard InChI is InChI=1S/C19H28N2/c1-16(2)9-5-3-4-6-13-20-15-18-11-7-10-17-12-8-14-21-19(17)18/h7-8,10-12,14,16,20H,3-6,9,13,15H2,1-2H3. The summed E-state index contributed by atoms with van der Waals surface area (Å²) in [4.78, 5) is 4.50. The van der Waals surface area contributed by atoms with Gasteiger partial charge in [-0.3, -0.25) is 4.98 Å². The zero-order valence-electron chi connectivity index (χ0n) is 13.4. The van der Waals surface area contributed by atoms with Gasteiger partial charge in [-0.05, 0) is 30.5 Å². The predicted molar refractivity (Wildman–Crippen MR) is 91.4 cm³/mol. The molecule has 1 aromatic heterocycles. The molecule has 2 nitrogen and oxygen atoms in total. The van der Waals surface area contributed by atoms with Crippen molar-refractivity contribution >= 4 is 10.9 Å². The maximum Gasteiger partial charge on any atom is 0.0746 e. The van der Waals surface area contributed by atoms with Crippen LogP contribution in [-0.4, -0.2) is 11.5 Å². The highest BCUT2D eigenvalue weighted by atomic mass is 14.8. The zero-order valence-corrected chi connectivity index (χ0v) is 13.4. The zero-order chi connectivity index (χ0) is 14.9. The van der Waals surface area contributed by atoms with Gasteiger partial charge in [-0.1, -0.05) is 63.8 Å². The summed E-state index contributed by atoms with van der Waals surface area (Å²) >= 11 is 0. The van der Waals surface area contributed by atoms with E-state index in [9.17, 15) is 0 Å². The van der Waals surface area contributed by atoms with Gasteiger partial charge in [0.05, 0.1) is 5.52 Å². The lowest BCUT2D eigenvalue weighted by Crippen LogP contribution is -2.15. The van der Waals surface area contributed by atoms with Gasteiger partial charge in [0.25, 0.3) is 0 Å². The summed E-state index contributed by atoms with van der Waals surface area (Å²) in [6, 6.07) is 10.5. The van der Waals surface area contributed by atoms with Gasteiger partial charge in [0.15, 0.2) is 0 Å². The molecule has 0 aliphatic heterocycles. The van der Waals surface area contributed by atoms with Crippen molar-refractivity contribution in [1.29, 1.82) is 0 Å². The first-order valence-electron chi connectivity index (χ1n) is 8.30. The lowest BCUT2D eigenvalue weighted by Gasteiger charge is -2.08.